The first-order valence-electron chi connectivity index (χ1n) is 5.78. The molecule has 2 N–H and O–H groups in total. The van der Waals surface area contributed by atoms with Crippen LogP contribution >= 0.6 is 34.8 Å². The van der Waals surface area contributed by atoms with Crippen LogP contribution in [0.25, 0.3) is 0 Å². The molecule has 0 aliphatic rings. The minimum absolute atomic E-state index is 0.332. The summed E-state index contributed by atoms with van der Waals surface area (Å²) in [5.41, 5.74) is 0.755. The minimum atomic E-state index is -0.840. The molecule has 2 aromatic carbocycles. The monoisotopic (exact) mass is 342 g/mol. The number of hydrogen-bond donors (Lipinski definition) is 2. The molecule has 0 heterocycles. The highest BCUT2D eigenvalue weighted by Gasteiger charge is 2.14. The van der Waals surface area contributed by atoms with E-state index in [9.17, 15) is 9.59 Å². The highest BCUT2D eigenvalue weighted by molar-refractivity contribution is 6.44. The van der Waals surface area contributed by atoms with E-state index >= 15 is 0 Å². The number of carbonyl (C=O) groups excluding carboxylic acids is 2. The van der Waals surface area contributed by atoms with Gasteiger partial charge in [0.1, 0.15) is 0 Å². The van der Waals surface area contributed by atoms with Crippen LogP contribution in [0.1, 0.15) is 0 Å². The predicted octanol–water partition coefficient (Wildman–Crippen LogP) is 4.22. The van der Waals surface area contributed by atoms with Gasteiger partial charge in [-0.1, -0.05) is 40.9 Å². The molecular weight excluding hydrogens is 335 g/mol. The van der Waals surface area contributed by atoms with Gasteiger partial charge in [0.2, 0.25) is 0 Å². The van der Waals surface area contributed by atoms with Crippen molar-refractivity contribution >= 4 is 58.0 Å². The number of nitrogens with one attached hydrogen (secondary N) is 2. The van der Waals surface area contributed by atoms with Gasteiger partial charge in [-0.2, -0.15) is 0 Å². The highest BCUT2D eigenvalue weighted by atomic mass is 35.5. The molecule has 0 radical (unpaired) electrons. The fourth-order valence-electron chi connectivity index (χ4n) is 1.57. The molecule has 0 bridgehead atoms. The SMILES string of the molecule is O=C(Nc1cccc(Cl)c1)C(=O)Nc1cc(Cl)cc(Cl)c1. The van der Waals surface area contributed by atoms with Crippen molar-refractivity contribution in [3.63, 3.8) is 0 Å². The quantitative estimate of drug-likeness (QED) is 0.802. The molecule has 0 aliphatic carbocycles. The number of halogens is 3. The van der Waals surface area contributed by atoms with Gasteiger partial charge in [0, 0.05) is 26.4 Å². The van der Waals surface area contributed by atoms with E-state index in [0.29, 0.717) is 26.4 Å². The first-order chi connectivity index (χ1) is 9.94. The zero-order valence-corrected chi connectivity index (χ0v) is 12.8. The summed E-state index contributed by atoms with van der Waals surface area (Å²) in [6.07, 6.45) is 0. The Kier molecular flexibility index (Phi) is 5.07. The van der Waals surface area contributed by atoms with Crippen LogP contribution in [0.3, 0.4) is 0 Å². The van der Waals surface area contributed by atoms with Crippen molar-refractivity contribution in [1.82, 2.24) is 0 Å². The Morgan fingerprint density at radius 1 is 0.714 bits per heavy atom. The Labute approximate surface area is 136 Å². The summed E-state index contributed by atoms with van der Waals surface area (Å²) >= 11 is 17.4. The summed E-state index contributed by atoms with van der Waals surface area (Å²) in [6.45, 7) is 0. The Bertz CT molecular complexity index is 684. The number of carbonyl (C=O) groups is 2. The van der Waals surface area contributed by atoms with E-state index < -0.39 is 11.8 Å². The Hall–Kier alpha value is -1.75. The van der Waals surface area contributed by atoms with Crippen LogP contribution in [-0.2, 0) is 9.59 Å². The van der Waals surface area contributed by atoms with Gasteiger partial charge in [0.25, 0.3) is 0 Å². The fourth-order valence-corrected chi connectivity index (χ4v) is 2.28. The summed E-state index contributed by atoms with van der Waals surface area (Å²) < 4.78 is 0. The largest absolute Gasteiger partial charge is 0.318 e. The first kappa shape index (κ1) is 15.6. The summed E-state index contributed by atoms with van der Waals surface area (Å²) in [5.74, 6) is -1.67. The van der Waals surface area contributed by atoms with Crippen molar-refractivity contribution in [3.05, 3.63) is 57.5 Å². The summed E-state index contributed by atoms with van der Waals surface area (Å²) in [6, 6.07) is 11.0. The number of rotatable bonds is 2. The van der Waals surface area contributed by atoms with Crippen molar-refractivity contribution in [2.24, 2.45) is 0 Å². The van der Waals surface area contributed by atoms with Crippen molar-refractivity contribution in [2.45, 2.75) is 0 Å². The molecule has 4 nitrogen and oxygen atoms in total. The van der Waals surface area contributed by atoms with Gasteiger partial charge in [0.15, 0.2) is 0 Å². The van der Waals surface area contributed by atoms with Gasteiger partial charge < -0.3 is 10.6 Å². The Morgan fingerprint density at radius 2 is 1.24 bits per heavy atom. The summed E-state index contributed by atoms with van der Waals surface area (Å²) in [7, 11) is 0. The maximum absolute atomic E-state index is 11.8. The smallest absolute Gasteiger partial charge is 0.314 e. The van der Waals surface area contributed by atoms with Gasteiger partial charge in [-0.15, -0.1) is 0 Å². The lowest BCUT2D eigenvalue weighted by atomic mass is 10.3. The number of amides is 2. The van der Waals surface area contributed by atoms with Crippen LogP contribution in [0, 0.1) is 0 Å². The molecule has 21 heavy (non-hydrogen) atoms. The molecule has 0 atom stereocenters. The molecule has 0 aromatic heterocycles. The molecule has 0 saturated heterocycles. The molecule has 0 spiro atoms. The van der Waals surface area contributed by atoms with E-state index in [-0.39, 0.29) is 0 Å². The third-order valence-corrected chi connectivity index (χ3v) is 3.08. The fraction of sp³-hybridized carbons (Fsp3) is 0. The maximum Gasteiger partial charge on any atom is 0.314 e. The van der Waals surface area contributed by atoms with Crippen molar-refractivity contribution in [3.8, 4) is 0 Å². The second-order valence-electron chi connectivity index (χ2n) is 4.08. The van der Waals surface area contributed by atoms with Gasteiger partial charge in [-0.05, 0) is 36.4 Å². The van der Waals surface area contributed by atoms with Gasteiger partial charge in [0.05, 0.1) is 0 Å². The van der Waals surface area contributed by atoms with E-state index in [1.54, 1.807) is 18.2 Å². The van der Waals surface area contributed by atoms with E-state index in [1.807, 2.05) is 0 Å². The molecule has 0 aliphatic heterocycles. The van der Waals surface area contributed by atoms with Gasteiger partial charge >= 0.3 is 11.8 Å². The summed E-state index contributed by atoms with van der Waals surface area (Å²) in [5, 5.41) is 6.00. The molecule has 0 saturated carbocycles. The molecule has 108 valence electrons. The number of benzene rings is 2. The van der Waals surface area contributed by atoms with E-state index in [0.717, 1.165) is 0 Å². The lowest BCUT2D eigenvalue weighted by Crippen LogP contribution is -2.29. The second kappa shape index (κ2) is 6.80. The van der Waals surface area contributed by atoms with Crippen molar-refractivity contribution in [1.29, 1.82) is 0 Å². The van der Waals surface area contributed by atoms with Crippen LogP contribution in [0.15, 0.2) is 42.5 Å². The van der Waals surface area contributed by atoms with E-state index in [2.05, 4.69) is 10.6 Å². The average Bonchev–Trinajstić information content (AvgIpc) is 2.37. The highest BCUT2D eigenvalue weighted by Crippen LogP contribution is 2.22. The second-order valence-corrected chi connectivity index (χ2v) is 5.39. The topological polar surface area (TPSA) is 58.2 Å². The van der Waals surface area contributed by atoms with Crippen LogP contribution in [0.2, 0.25) is 15.1 Å². The van der Waals surface area contributed by atoms with Crippen LogP contribution in [-0.4, -0.2) is 11.8 Å². The molecule has 2 rings (SSSR count). The number of anilines is 2. The molecule has 7 heteroatoms. The van der Waals surface area contributed by atoms with Crippen LogP contribution in [0.5, 0.6) is 0 Å². The third-order valence-electron chi connectivity index (χ3n) is 2.41. The Morgan fingerprint density at radius 3 is 1.81 bits per heavy atom. The normalized spacial score (nSPS) is 10.0. The molecule has 2 amide bonds. The van der Waals surface area contributed by atoms with Gasteiger partial charge in [-0.3, -0.25) is 9.59 Å². The van der Waals surface area contributed by atoms with Gasteiger partial charge in [-0.25, -0.2) is 0 Å². The minimum Gasteiger partial charge on any atom is -0.318 e. The van der Waals surface area contributed by atoms with E-state index in [4.69, 9.17) is 34.8 Å². The first-order valence-corrected chi connectivity index (χ1v) is 6.91. The predicted molar refractivity (Wildman–Crippen MR) is 85.2 cm³/mol. The van der Waals surface area contributed by atoms with Crippen LogP contribution in [0.4, 0.5) is 11.4 Å². The lowest BCUT2D eigenvalue weighted by molar-refractivity contribution is -0.132. The standard InChI is InChI=1S/C14H9Cl3N2O2/c15-8-2-1-3-11(5-8)18-13(20)14(21)19-12-6-9(16)4-10(17)7-12/h1-7H,(H,18,20)(H,19,21). The van der Waals surface area contributed by atoms with Crippen LogP contribution < -0.4 is 10.6 Å². The third kappa shape index (κ3) is 4.63. The summed E-state index contributed by atoms with van der Waals surface area (Å²) in [4.78, 5) is 23.5. The van der Waals surface area contributed by atoms with E-state index in [1.165, 1.54) is 24.3 Å². The molecule has 2 aromatic rings. The zero-order chi connectivity index (χ0) is 15.4. The molecule has 0 fully saturated rings. The molecule has 0 unspecified atom stereocenters. The maximum atomic E-state index is 11.8. The van der Waals surface area contributed by atoms with Crippen molar-refractivity contribution < 1.29 is 9.59 Å². The number of hydrogen-bond acceptors (Lipinski definition) is 2. The zero-order valence-electron chi connectivity index (χ0n) is 10.5. The Balaban J connectivity index is 2.04. The van der Waals surface area contributed by atoms with Crippen molar-refractivity contribution in [2.75, 3.05) is 10.6 Å². The average molecular weight is 344 g/mol. The lowest BCUT2D eigenvalue weighted by Gasteiger charge is -2.07. The molecular formula is C14H9Cl3N2O2.